The molecule has 0 saturated heterocycles. The van der Waals surface area contributed by atoms with Gasteiger partial charge in [-0.1, -0.05) is 6.42 Å². The molecule has 14 heavy (non-hydrogen) atoms. The number of Topliss-reactive ketones (excluding diaryl/α,β-unsaturated/α-hetero) is 1. The Hall–Kier alpha value is -0.330. The van der Waals surface area contributed by atoms with Gasteiger partial charge in [-0.05, 0) is 55.8 Å². The van der Waals surface area contributed by atoms with Crippen molar-refractivity contribution < 1.29 is 4.79 Å². The van der Waals surface area contributed by atoms with Gasteiger partial charge in [-0.15, -0.1) is 0 Å². The molecule has 0 amide bonds. The van der Waals surface area contributed by atoms with Gasteiger partial charge in [-0.3, -0.25) is 4.79 Å². The van der Waals surface area contributed by atoms with Crippen molar-refractivity contribution in [2.45, 2.75) is 44.9 Å². The smallest absolute Gasteiger partial charge is 0.139 e. The molecule has 4 atom stereocenters. The molecule has 4 rings (SSSR count). The van der Waals surface area contributed by atoms with Gasteiger partial charge in [0.05, 0.1) is 0 Å². The van der Waals surface area contributed by atoms with E-state index in [1.54, 1.807) is 0 Å². The summed E-state index contributed by atoms with van der Waals surface area (Å²) in [6, 6.07) is 0. The Morgan fingerprint density at radius 3 is 2.64 bits per heavy atom. The molecule has 4 unspecified atom stereocenters. The molecule has 0 heterocycles. The van der Waals surface area contributed by atoms with Crippen molar-refractivity contribution in [3.63, 3.8) is 0 Å². The zero-order valence-corrected chi connectivity index (χ0v) is 8.67. The van der Waals surface area contributed by atoms with Crippen LogP contribution >= 0.6 is 0 Å². The molecule has 4 saturated carbocycles. The summed E-state index contributed by atoms with van der Waals surface area (Å²) in [5.41, 5.74) is 0.687. The van der Waals surface area contributed by atoms with Crippen LogP contribution in [0, 0.1) is 29.1 Å². The summed E-state index contributed by atoms with van der Waals surface area (Å²) in [5.74, 6) is 3.39. The first kappa shape index (κ1) is 7.90. The average molecular weight is 190 g/mol. The van der Waals surface area contributed by atoms with E-state index < -0.39 is 0 Å². The van der Waals surface area contributed by atoms with Gasteiger partial charge in [0.15, 0.2) is 0 Å². The molecule has 0 aromatic heterocycles. The molecule has 4 aliphatic rings. The second-order valence-corrected chi connectivity index (χ2v) is 6.14. The highest BCUT2D eigenvalue weighted by molar-refractivity contribution is 5.87. The minimum Gasteiger partial charge on any atom is -0.299 e. The van der Waals surface area contributed by atoms with Crippen LogP contribution in [0.3, 0.4) is 0 Å². The number of carbonyl (C=O) groups is 1. The number of rotatable bonds is 0. The highest BCUT2D eigenvalue weighted by Gasteiger charge is 2.65. The maximum Gasteiger partial charge on any atom is 0.139 e. The van der Waals surface area contributed by atoms with E-state index in [1.165, 1.54) is 44.9 Å². The highest BCUT2D eigenvalue weighted by Crippen LogP contribution is 2.70. The Labute approximate surface area is 85.3 Å². The van der Waals surface area contributed by atoms with Crippen LogP contribution in [0.25, 0.3) is 0 Å². The number of carbonyl (C=O) groups excluding carboxylic acids is 1. The summed E-state index contributed by atoms with van der Waals surface area (Å²) in [7, 11) is 0. The second kappa shape index (κ2) is 2.25. The molecule has 4 aliphatic carbocycles. The molecule has 1 spiro atoms. The van der Waals surface area contributed by atoms with Crippen LogP contribution in [0.1, 0.15) is 44.9 Å². The standard InChI is InChI=1S/C13H18O/c14-12-9-2-1-5-13(6-7-13)11-8(9)3-4-10(11)12/h8-11H,1-7H2. The van der Waals surface area contributed by atoms with Crippen LogP contribution in [-0.4, -0.2) is 5.78 Å². The molecule has 0 aromatic carbocycles. The Kier molecular flexibility index (Phi) is 1.27. The SMILES string of the molecule is O=C1C2CCCC3(CC3)C3C1CCC23. The van der Waals surface area contributed by atoms with E-state index in [9.17, 15) is 4.79 Å². The second-order valence-electron chi connectivity index (χ2n) is 6.14. The van der Waals surface area contributed by atoms with Gasteiger partial charge >= 0.3 is 0 Å². The Morgan fingerprint density at radius 1 is 1.00 bits per heavy atom. The predicted octanol–water partition coefficient (Wildman–Crippen LogP) is 2.79. The lowest BCUT2D eigenvalue weighted by atomic mass is 9.79. The zero-order chi connectivity index (χ0) is 9.34. The van der Waals surface area contributed by atoms with Crippen molar-refractivity contribution in [2.24, 2.45) is 29.1 Å². The van der Waals surface area contributed by atoms with E-state index in [-0.39, 0.29) is 0 Å². The third-order valence-electron chi connectivity index (χ3n) is 5.74. The molecule has 76 valence electrons. The van der Waals surface area contributed by atoms with Crippen molar-refractivity contribution in [1.82, 2.24) is 0 Å². The van der Waals surface area contributed by atoms with Crippen LogP contribution in [0.15, 0.2) is 0 Å². The number of hydrogen-bond acceptors (Lipinski definition) is 1. The summed E-state index contributed by atoms with van der Waals surface area (Å²) < 4.78 is 0. The molecular weight excluding hydrogens is 172 g/mol. The fourth-order valence-electron chi connectivity index (χ4n) is 5.11. The van der Waals surface area contributed by atoms with Crippen molar-refractivity contribution in [3.8, 4) is 0 Å². The van der Waals surface area contributed by atoms with Gasteiger partial charge in [0.2, 0.25) is 0 Å². The lowest BCUT2D eigenvalue weighted by molar-refractivity contribution is -0.126. The van der Waals surface area contributed by atoms with Gasteiger partial charge in [0.1, 0.15) is 5.78 Å². The molecule has 0 N–H and O–H groups in total. The van der Waals surface area contributed by atoms with Gasteiger partial charge in [-0.25, -0.2) is 0 Å². The van der Waals surface area contributed by atoms with E-state index in [0.29, 0.717) is 23.0 Å². The summed E-state index contributed by atoms with van der Waals surface area (Å²) >= 11 is 0. The van der Waals surface area contributed by atoms with Crippen molar-refractivity contribution >= 4 is 5.78 Å². The summed E-state index contributed by atoms with van der Waals surface area (Å²) in [6.45, 7) is 0. The predicted molar refractivity (Wildman–Crippen MR) is 53.7 cm³/mol. The third-order valence-corrected chi connectivity index (χ3v) is 5.74. The first-order chi connectivity index (χ1) is 6.82. The van der Waals surface area contributed by atoms with Gasteiger partial charge in [-0.2, -0.15) is 0 Å². The Bertz CT molecular complexity index is 302. The summed E-state index contributed by atoms with van der Waals surface area (Å²) in [6.07, 6.45) is 9.55. The maximum absolute atomic E-state index is 12.1. The van der Waals surface area contributed by atoms with Gasteiger partial charge in [0.25, 0.3) is 0 Å². The van der Waals surface area contributed by atoms with E-state index >= 15 is 0 Å². The van der Waals surface area contributed by atoms with Crippen molar-refractivity contribution in [2.75, 3.05) is 0 Å². The molecule has 0 aromatic rings. The fourth-order valence-corrected chi connectivity index (χ4v) is 5.11. The van der Waals surface area contributed by atoms with Gasteiger partial charge < -0.3 is 0 Å². The van der Waals surface area contributed by atoms with Crippen LogP contribution in [-0.2, 0) is 4.79 Å². The van der Waals surface area contributed by atoms with Crippen LogP contribution in [0.4, 0.5) is 0 Å². The van der Waals surface area contributed by atoms with Crippen molar-refractivity contribution in [1.29, 1.82) is 0 Å². The van der Waals surface area contributed by atoms with E-state index in [2.05, 4.69) is 0 Å². The lowest BCUT2D eigenvalue weighted by Crippen LogP contribution is -2.24. The minimum absolute atomic E-state index is 0.513. The van der Waals surface area contributed by atoms with Crippen LogP contribution < -0.4 is 0 Å². The van der Waals surface area contributed by atoms with Crippen LogP contribution in [0.2, 0.25) is 0 Å². The summed E-state index contributed by atoms with van der Waals surface area (Å²) in [5, 5.41) is 0. The van der Waals surface area contributed by atoms with E-state index in [0.717, 1.165) is 11.8 Å². The zero-order valence-electron chi connectivity index (χ0n) is 8.67. The maximum atomic E-state index is 12.1. The third kappa shape index (κ3) is 0.730. The molecule has 1 nitrogen and oxygen atoms in total. The molecule has 0 radical (unpaired) electrons. The first-order valence-electron chi connectivity index (χ1n) is 6.36. The quantitative estimate of drug-likeness (QED) is 0.574. The monoisotopic (exact) mass is 190 g/mol. The molecular formula is C13H18O. The molecule has 0 aliphatic heterocycles. The highest BCUT2D eigenvalue weighted by atomic mass is 16.1. The molecule has 4 fully saturated rings. The lowest BCUT2D eigenvalue weighted by Gasteiger charge is -2.25. The topological polar surface area (TPSA) is 17.1 Å². The Morgan fingerprint density at radius 2 is 1.86 bits per heavy atom. The molecule has 1 heteroatoms. The largest absolute Gasteiger partial charge is 0.299 e. The number of ketones is 1. The first-order valence-corrected chi connectivity index (χ1v) is 6.36. The number of hydrogen-bond donors (Lipinski definition) is 0. The van der Waals surface area contributed by atoms with Crippen LogP contribution in [0.5, 0.6) is 0 Å². The normalized spacial score (nSPS) is 52.4. The molecule has 4 bridgehead atoms. The van der Waals surface area contributed by atoms with Gasteiger partial charge in [0, 0.05) is 11.8 Å². The van der Waals surface area contributed by atoms with E-state index in [4.69, 9.17) is 0 Å². The minimum atomic E-state index is 0.513. The Balaban J connectivity index is 1.82. The summed E-state index contributed by atoms with van der Waals surface area (Å²) in [4.78, 5) is 12.1. The van der Waals surface area contributed by atoms with Crippen molar-refractivity contribution in [3.05, 3.63) is 0 Å². The fraction of sp³-hybridized carbons (Fsp3) is 0.923. The average Bonchev–Trinajstić information content (AvgIpc) is 2.81. The van der Waals surface area contributed by atoms with E-state index in [1.807, 2.05) is 0 Å².